The average Bonchev–Trinajstić information content (AvgIpc) is 2.40. The third-order valence-corrected chi connectivity index (χ3v) is 3.41. The number of likely N-dealkylation sites (tertiary alicyclic amines) is 1. The van der Waals surface area contributed by atoms with Gasteiger partial charge < -0.3 is 9.47 Å². The maximum Gasteiger partial charge on any atom is 0.322 e. The van der Waals surface area contributed by atoms with Crippen molar-refractivity contribution in [1.29, 1.82) is 0 Å². The molecule has 0 N–H and O–H groups in total. The summed E-state index contributed by atoms with van der Waals surface area (Å²) in [6, 6.07) is 0.825. The Labute approximate surface area is 132 Å². The van der Waals surface area contributed by atoms with E-state index in [2.05, 4.69) is 33.8 Å². The van der Waals surface area contributed by atoms with Gasteiger partial charge in [0.05, 0.1) is 20.3 Å². The van der Waals surface area contributed by atoms with Gasteiger partial charge >= 0.3 is 12.0 Å². The molecule has 0 spiro atoms. The Kier molecular flexibility index (Phi) is 8.08. The van der Waals surface area contributed by atoms with Gasteiger partial charge in [-0.3, -0.25) is 4.90 Å². The van der Waals surface area contributed by atoms with Crippen LogP contribution in [0.5, 0.6) is 12.0 Å². The molecule has 0 aromatic carbocycles. The van der Waals surface area contributed by atoms with Crippen molar-refractivity contribution < 1.29 is 9.47 Å². The van der Waals surface area contributed by atoms with Crippen LogP contribution in [0.25, 0.3) is 0 Å². The fourth-order valence-electron chi connectivity index (χ4n) is 2.25. The first-order chi connectivity index (χ1) is 8.63. The summed E-state index contributed by atoms with van der Waals surface area (Å²) in [5, 5.41) is 0. The summed E-state index contributed by atoms with van der Waals surface area (Å²) in [4.78, 5) is 15.0. The summed E-state index contributed by atoms with van der Waals surface area (Å²) < 4.78 is 10.2. The molecule has 0 saturated carbocycles. The normalized spacial score (nSPS) is 22.4. The minimum absolute atomic E-state index is 0. The summed E-state index contributed by atoms with van der Waals surface area (Å²) in [5.74, 6) is 1.41. The van der Waals surface area contributed by atoms with Gasteiger partial charge in [-0.05, 0) is 32.4 Å². The highest BCUT2D eigenvalue weighted by molar-refractivity contribution is 5.85. The Morgan fingerprint density at radius 1 is 1.05 bits per heavy atom. The molecule has 6 nitrogen and oxygen atoms in total. The molecule has 1 saturated heterocycles. The van der Waals surface area contributed by atoms with E-state index in [1.807, 2.05) is 0 Å². The lowest BCUT2D eigenvalue weighted by molar-refractivity contribution is 0.141. The second-order valence-corrected chi connectivity index (χ2v) is 4.79. The quantitative estimate of drug-likeness (QED) is 0.848. The maximum absolute atomic E-state index is 5.09. The van der Waals surface area contributed by atoms with Gasteiger partial charge in [-0.1, -0.05) is 6.92 Å². The smallest absolute Gasteiger partial charge is 0.322 e. The van der Waals surface area contributed by atoms with Gasteiger partial charge in [0, 0.05) is 0 Å². The molecule has 1 aliphatic rings. The molecule has 1 fully saturated rings. The summed E-state index contributed by atoms with van der Waals surface area (Å²) in [7, 11) is 5.19. The molecule has 0 aliphatic carbocycles. The van der Waals surface area contributed by atoms with E-state index >= 15 is 0 Å². The lowest BCUT2D eigenvalue weighted by Crippen LogP contribution is -2.34. The minimum Gasteiger partial charge on any atom is -0.467 e. The molecule has 20 heavy (non-hydrogen) atoms. The van der Waals surface area contributed by atoms with Crippen LogP contribution in [0.3, 0.4) is 0 Å². The monoisotopic (exact) mass is 324 g/mol. The standard InChI is InChI=1S/C12H20N4O2.2ClH/c1-8-5-6-16(2)9(7-8)10-13-11(17-3)15-12(14-10)18-4;;/h8-9H,5-7H2,1-4H3;2*1H. The Balaban J connectivity index is 0.00000180. The lowest BCUT2D eigenvalue weighted by atomic mass is 9.92. The number of nitrogens with zero attached hydrogens (tertiary/aromatic N) is 4. The molecule has 8 heteroatoms. The number of hydrogen-bond donors (Lipinski definition) is 0. The molecule has 2 unspecified atom stereocenters. The van der Waals surface area contributed by atoms with Crippen LogP contribution in [-0.2, 0) is 0 Å². The molecular formula is C12H22Cl2N4O2. The predicted molar refractivity (Wildman–Crippen MR) is 81.2 cm³/mol. The fraction of sp³-hybridized carbons (Fsp3) is 0.750. The van der Waals surface area contributed by atoms with E-state index in [1.165, 1.54) is 6.42 Å². The molecule has 0 amide bonds. The van der Waals surface area contributed by atoms with E-state index < -0.39 is 0 Å². The van der Waals surface area contributed by atoms with Crippen LogP contribution in [0, 0.1) is 5.92 Å². The maximum atomic E-state index is 5.09. The van der Waals surface area contributed by atoms with Gasteiger partial charge in [0.15, 0.2) is 5.82 Å². The van der Waals surface area contributed by atoms with Crippen molar-refractivity contribution in [2.45, 2.75) is 25.8 Å². The molecule has 116 valence electrons. The summed E-state index contributed by atoms with van der Waals surface area (Å²) in [6.45, 7) is 3.32. The fourth-order valence-corrected chi connectivity index (χ4v) is 2.25. The molecule has 2 rings (SSSR count). The second kappa shape index (κ2) is 8.44. The van der Waals surface area contributed by atoms with Crippen LogP contribution in [0.1, 0.15) is 31.6 Å². The van der Waals surface area contributed by atoms with Crippen molar-refractivity contribution in [1.82, 2.24) is 19.9 Å². The van der Waals surface area contributed by atoms with Crippen LogP contribution < -0.4 is 9.47 Å². The van der Waals surface area contributed by atoms with Crippen LogP contribution in [-0.4, -0.2) is 47.7 Å². The minimum atomic E-state index is 0. The Bertz CT molecular complexity index is 400. The number of halogens is 2. The highest BCUT2D eigenvalue weighted by Crippen LogP contribution is 2.31. The predicted octanol–water partition coefficient (Wildman–Crippen LogP) is 2.14. The van der Waals surface area contributed by atoms with E-state index in [0.29, 0.717) is 17.9 Å². The third-order valence-electron chi connectivity index (χ3n) is 3.41. The zero-order valence-corrected chi connectivity index (χ0v) is 13.8. The summed E-state index contributed by atoms with van der Waals surface area (Å²) >= 11 is 0. The van der Waals surface area contributed by atoms with Crippen molar-refractivity contribution in [3.8, 4) is 12.0 Å². The van der Waals surface area contributed by atoms with Crippen molar-refractivity contribution >= 4 is 24.8 Å². The largest absolute Gasteiger partial charge is 0.467 e. The molecule has 0 radical (unpaired) electrons. The van der Waals surface area contributed by atoms with E-state index in [1.54, 1.807) is 14.2 Å². The Hall–Kier alpha value is -0.850. The van der Waals surface area contributed by atoms with Crippen molar-refractivity contribution in [2.24, 2.45) is 5.92 Å². The first-order valence-electron chi connectivity index (χ1n) is 6.18. The van der Waals surface area contributed by atoms with Gasteiger partial charge in [-0.2, -0.15) is 9.97 Å². The zero-order valence-electron chi connectivity index (χ0n) is 12.2. The summed E-state index contributed by atoms with van der Waals surface area (Å²) in [6.07, 6.45) is 2.26. The van der Waals surface area contributed by atoms with Crippen LogP contribution >= 0.6 is 24.8 Å². The molecule has 1 aromatic heterocycles. The summed E-state index contributed by atoms with van der Waals surface area (Å²) in [5.41, 5.74) is 0. The number of methoxy groups -OCH3 is 2. The molecule has 1 aliphatic heterocycles. The number of aromatic nitrogens is 3. The number of rotatable bonds is 3. The highest BCUT2D eigenvalue weighted by atomic mass is 35.5. The topological polar surface area (TPSA) is 60.4 Å². The highest BCUT2D eigenvalue weighted by Gasteiger charge is 2.28. The Morgan fingerprint density at radius 3 is 2.10 bits per heavy atom. The molecular weight excluding hydrogens is 303 g/mol. The van der Waals surface area contributed by atoms with Crippen LogP contribution in [0.4, 0.5) is 0 Å². The second-order valence-electron chi connectivity index (χ2n) is 4.79. The molecule has 2 atom stereocenters. The van der Waals surface area contributed by atoms with Gasteiger partial charge in [0.25, 0.3) is 0 Å². The lowest BCUT2D eigenvalue weighted by Gasteiger charge is -2.34. The van der Waals surface area contributed by atoms with Crippen molar-refractivity contribution in [3.05, 3.63) is 5.82 Å². The van der Waals surface area contributed by atoms with Gasteiger partial charge in [0.2, 0.25) is 0 Å². The Morgan fingerprint density at radius 2 is 1.60 bits per heavy atom. The molecule has 2 heterocycles. The number of piperidine rings is 1. The number of ether oxygens (including phenoxy) is 2. The third kappa shape index (κ3) is 4.33. The SMILES string of the molecule is COc1nc(OC)nc(C2CC(C)CCN2C)n1.Cl.Cl. The van der Waals surface area contributed by atoms with E-state index in [-0.39, 0.29) is 30.9 Å². The van der Waals surface area contributed by atoms with E-state index in [0.717, 1.165) is 18.8 Å². The van der Waals surface area contributed by atoms with Gasteiger partial charge in [0.1, 0.15) is 0 Å². The van der Waals surface area contributed by atoms with Gasteiger partial charge in [-0.25, -0.2) is 0 Å². The number of hydrogen-bond acceptors (Lipinski definition) is 6. The van der Waals surface area contributed by atoms with E-state index in [4.69, 9.17) is 9.47 Å². The van der Waals surface area contributed by atoms with Crippen molar-refractivity contribution in [3.63, 3.8) is 0 Å². The first-order valence-corrected chi connectivity index (χ1v) is 6.18. The van der Waals surface area contributed by atoms with Gasteiger partial charge in [-0.15, -0.1) is 29.8 Å². The van der Waals surface area contributed by atoms with Crippen LogP contribution in [0.2, 0.25) is 0 Å². The van der Waals surface area contributed by atoms with Crippen molar-refractivity contribution in [2.75, 3.05) is 27.8 Å². The zero-order chi connectivity index (χ0) is 13.1. The average molecular weight is 325 g/mol. The molecule has 1 aromatic rings. The van der Waals surface area contributed by atoms with Crippen LogP contribution in [0.15, 0.2) is 0 Å². The van der Waals surface area contributed by atoms with E-state index in [9.17, 15) is 0 Å². The first kappa shape index (κ1) is 19.1. The molecule has 0 bridgehead atoms.